The fourth-order valence-corrected chi connectivity index (χ4v) is 2.45. The molecule has 1 aromatic carbocycles. The average molecular weight is 364 g/mol. The molecule has 0 spiro atoms. The van der Waals surface area contributed by atoms with E-state index < -0.39 is 0 Å². The van der Waals surface area contributed by atoms with Crippen molar-refractivity contribution in [2.24, 2.45) is 0 Å². The maximum atomic E-state index is 11.7. The Balaban J connectivity index is 1.57. The zero-order chi connectivity index (χ0) is 17.6. The van der Waals surface area contributed by atoms with Gasteiger partial charge in [-0.25, -0.2) is 4.98 Å². The topological polar surface area (TPSA) is 108 Å². The number of alkyl halides is 1. The molecule has 0 radical (unpaired) electrons. The Hall–Kier alpha value is -2.42. The van der Waals surface area contributed by atoms with Crippen LogP contribution in [0.1, 0.15) is 5.56 Å². The zero-order valence-corrected chi connectivity index (χ0v) is 14.1. The quantitative estimate of drug-likeness (QED) is 0.587. The molecule has 0 amide bonds. The normalized spacial score (nSPS) is 12.5. The molecule has 0 aliphatic rings. The van der Waals surface area contributed by atoms with Gasteiger partial charge in [0.15, 0.2) is 11.2 Å². The van der Waals surface area contributed by atoms with Crippen LogP contribution in [-0.4, -0.2) is 38.1 Å². The number of imidazole rings is 1. The molecule has 1 atom stereocenters. The van der Waals surface area contributed by atoms with Crippen LogP contribution in [0.3, 0.4) is 0 Å². The minimum absolute atomic E-state index is 0.0272. The third-order valence-electron chi connectivity index (χ3n) is 3.53. The molecular formula is C16H18ClN5O3. The van der Waals surface area contributed by atoms with Crippen LogP contribution < -0.4 is 11.3 Å². The summed E-state index contributed by atoms with van der Waals surface area (Å²) in [5.41, 5.74) is 6.83. The molecule has 3 rings (SSSR count). The van der Waals surface area contributed by atoms with E-state index >= 15 is 0 Å². The molecule has 2 aromatic heterocycles. The van der Waals surface area contributed by atoms with Gasteiger partial charge in [-0.15, -0.1) is 11.6 Å². The Kier molecular flexibility index (Phi) is 5.64. The van der Waals surface area contributed by atoms with Gasteiger partial charge in [0.05, 0.1) is 31.5 Å². The van der Waals surface area contributed by atoms with Gasteiger partial charge in [0.2, 0.25) is 5.95 Å². The van der Waals surface area contributed by atoms with Crippen LogP contribution in [0.25, 0.3) is 11.2 Å². The molecule has 0 fully saturated rings. The SMILES string of the molecule is Nc1nc2c(ncn2CO[C@@H](CCl)COCc2ccccc2)c(=O)[nH]1. The monoisotopic (exact) mass is 363 g/mol. The lowest BCUT2D eigenvalue weighted by atomic mass is 10.2. The minimum atomic E-state index is -0.388. The van der Waals surface area contributed by atoms with Crippen molar-refractivity contribution < 1.29 is 9.47 Å². The van der Waals surface area contributed by atoms with Crippen molar-refractivity contribution in [2.45, 2.75) is 19.4 Å². The number of hydrogen-bond acceptors (Lipinski definition) is 6. The summed E-state index contributed by atoms with van der Waals surface area (Å²) in [7, 11) is 0. The van der Waals surface area contributed by atoms with Crippen LogP contribution >= 0.6 is 11.6 Å². The molecule has 132 valence electrons. The van der Waals surface area contributed by atoms with Crippen molar-refractivity contribution in [3.8, 4) is 0 Å². The number of anilines is 1. The summed E-state index contributed by atoms with van der Waals surface area (Å²) in [6.07, 6.45) is 1.17. The number of aromatic amines is 1. The first kappa shape index (κ1) is 17.4. The number of rotatable bonds is 8. The number of benzene rings is 1. The Bertz CT molecular complexity index is 880. The van der Waals surface area contributed by atoms with E-state index in [0.717, 1.165) is 5.56 Å². The Morgan fingerprint density at radius 1 is 1.32 bits per heavy atom. The first-order valence-corrected chi connectivity index (χ1v) is 8.20. The summed E-state index contributed by atoms with van der Waals surface area (Å²) in [6, 6.07) is 9.84. The number of nitrogen functional groups attached to an aromatic ring is 1. The molecule has 3 N–H and O–H groups in total. The summed E-state index contributed by atoms with van der Waals surface area (Å²) < 4.78 is 13.0. The lowest BCUT2D eigenvalue weighted by Crippen LogP contribution is -2.23. The second-order valence-corrected chi connectivity index (χ2v) is 5.72. The number of halogens is 1. The fourth-order valence-electron chi connectivity index (χ4n) is 2.27. The van der Waals surface area contributed by atoms with E-state index in [2.05, 4.69) is 15.0 Å². The predicted molar refractivity (Wildman–Crippen MR) is 94.3 cm³/mol. The van der Waals surface area contributed by atoms with Crippen molar-refractivity contribution in [1.82, 2.24) is 19.5 Å². The van der Waals surface area contributed by atoms with Crippen LogP contribution in [-0.2, 0) is 22.8 Å². The van der Waals surface area contributed by atoms with E-state index in [9.17, 15) is 4.79 Å². The minimum Gasteiger partial charge on any atom is -0.374 e. The van der Waals surface area contributed by atoms with Gasteiger partial charge in [0.1, 0.15) is 6.73 Å². The Morgan fingerprint density at radius 3 is 2.88 bits per heavy atom. The lowest BCUT2D eigenvalue weighted by Gasteiger charge is -2.16. The number of nitrogens with zero attached hydrogens (tertiary/aromatic N) is 3. The van der Waals surface area contributed by atoms with Crippen molar-refractivity contribution in [3.63, 3.8) is 0 Å². The smallest absolute Gasteiger partial charge is 0.280 e. The van der Waals surface area contributed by atoms with Crippen LogP contribution in [0.4, 0.5) is 5.95 Å². The highest BCUT2D eigenvalue weighted by atomic mass is 35.5. The van der Waals surface area contributed by atoms with Crippen LogP contribution in [0.2, 0.25) is 0 Å². The van der Waals surface area contributed by atoms with Crippen molar-refractivity contribution in [3.05, 3.63) is 52.6 Å². The summed E-state index contributed by atoms with van der Waals surface area (Å²) >= 11 is 5.94. The van der Waals surface area contributed by atoms with Crippen LogP contribution in [0, 0.1) is 0 Å². The standard InChI is InChI=1S/C16H18ClN5O3/c17-6-12(8-24-7-11-4-2-1-3-5-11)25-10-22-9-19-13-14(22)20-16(18)21-15(13)23/h1-5,9,12H,6-8,10H2,(H3,18,20,21,23)/t12-/m0/s1. The molecule has 3 aromatic rings. The number of nitrogens with one attached hydrogen (secondary N) is 1. The number of aromatic nitrogens is 4. The van der Waals surface area contributed by atoms with Gasteiger partial charge >= 0.3 is 0 Å². The largest absolute Gasteiger partial charge is 0.374 e. The number of nitrogens with two attached hydrogens (primary N) is 1. The van der Waals surface area contributed by atoms with Crippen molar-refractivity contribution >= 4 is 28.7 Å². The summed E-state index contributed by atoms with van der Waals surface area (Å²) in [6.45, 7) is 0.971. The number of fused-ring (bicyclic) bond motifs is 1. The van der Waals surface area contributed by atoms with E-state index in [0.29, 0.717) is 18.9 Å². The van der Waals surface area contributed by atoms with Gasteiger partial charge in [-0.05, 0) is 5.56 Å². The molecule has 25 heavy (non-hydrogen) atoms. The third kappa shape index (κ3) is 4.36. The molecule has 0 aliphatic heterocycles. The van der Waals surface area contributed by atoms with Gasteiger partial charge < -0.3 is 15.2 Å². The molecule has 0 saturated heterocycles. The highest BCUT2D eigenvalue weighted by Crippen LogP contribution is 2.09. The van der Waals surface area contributed by atoms with Crippen LogP contribution in [0.5, 0.6) is 0 Å². The maximum Gasteiger partial charge on any atom is 0.280 e. The van der Waals surface area contributed by atoms with Gasteiger partial charge in [-0.3, -0.25) is 14.3 Å². The summed E-state index contributed by atoms with van der Waals surface area (Å²) in [5.74, 6) is 0.303. The first-order chi connectivity index (χ1) is 12.2. The molecule has 8 nitrogen and oxygen atoms in total. The lowest BCUT2D eigenvalue weighted by molar-refractivity contribution is -0.0366. The van der Waals surface area contributed by atoms with Crippen molar-refractivity contribution in [1.29, 1.82) is 0 Å². The molecular weight excluding hydrogens is 346 g/mol. The Morgan fingerprint density at radius 2 is 2.12 bits per heavy atom. The van der Waals surface area contributed by atoms with E-state index in [1.54, 1.807) is 4.57 Å². The average Bonchev–Trinajstić information content (AvgIpc) is 3.02. The zero-order valence-electron chi connectivity index (χ0n) is 13.4. The Labute approximate surface area is 148 Å². The molecule has 2 heterocycles. The number of H-pyrrole nitrogens is 1. The highest BCUT2D eigenvalue weighted by Gasteiger charge is 2.12. The van der Waals surface area contributed by atoms with Crippen LogP contribution in [0.15, 0.2) is 41.5 Å². The second kappa shape index (κ2) is 8.11. The third-order valence-corrected chi connectivity index (χ3v) is 3.87. The number of hydrogen-bond donors (Lipinski definition) is 2. The summed E-state index contributed by atoms with van der Waals surface area (Å²) in [5, 5.41) is 0. The second-order valence-electron chi connectivity index (χ2n) is 5.41. The van der Waals surface area contributed by atoms with Gasteiger partial charge in [-0.2, -0.15) is 4.98 Å². The fraction of sp³-hybridized carbons (Fsp3) is 0.312. The molecule has 9 heteroatoms. The van der Waals surface area contributed by atoms with E-state index in [4.69, 9.17) is 26.8 Å². The van der Waals surface area contributed by atoms with Gasteiger partial charge in [0.25, 0.3) is 5.56 Å². The van der Waals surface area contributed by atoms with Gasteiger partial charge in [0, 0.05) is 0 Å². The van der Waals surface area contributed by atoms with E-state index in [-0.39, 0.29) is 35.7 Å². The predicted octanol–water partition coefficient (Wildman–Crippen LogP) is 1.50. The molecule has 0 saturated carbocycles. The van der Waals surface area contributed by atoms with Crippen molar-refractivity contribution in [2.75, 3.05) is 18.2 Å². The van der Waals surface area contributed by atoms with E-state index in [1.165, 1.54) is 6.33 Å². The molecule has 0 aliphatic carbocycles. The first-order valence-electron chi connectivity index (χ1n) is 7.67. The molecule has 0 bridgehead atoms. The summed E-state index contributed by atoms with van der Waals surface area (Å²) in [4.78, 5) is 22.3. The molecule has 0 unspecified atom stereocenters. The number of ether oxygens (including phenoxy) is 2. The maximum absolute atomic E-state index is 11.7. The van der Waals surface area contributed by atoms with Gasteiger partial charge in [-0.1, -0.05) is 30.3 Å². The van der Waals surface area contributed by atoms with E-state index in [1.807, 2.05) is 30.3 Å². The highest BCUT2D eigenvalue weighted by molar-refractivity contribution is 6.18.